The van der Waals surface area contributed by atoms with E-state index in [9.17, 15) is 4.79 Å². The Morgan fingerprint density at radius 1 is 1.42 bits per heavy atom. The van der Waals surface area contributed by atoms with Gasteiger partial charge in [0.1, 0.15) is 12.9 Å². The molecule has 2 heterocycles. The lowest BCUT2D eigenvalue weighted by atomic mass is 10.3. The Morgan fingerprint density at radius 2 is 2.26 bits per heavy atom. The molecule has 1 amide bonds. The van der Waals surface area contributed by atoms with Crippen LogP contribution in [0, 0.1) is 0 Å². The first kappa shape index (κ1) is 11.7. The van der Waals surface area contributed by atoms with Gasteiger partial charge in [0.15, 0.2) is 4.80 Å². The van der Waals surface area contributed by atoms with Gasteiger partial charge in [0.25, 0.3) is 5.91 Å². The van der Waals surface area contributed by atoms with Crippen molar-refractivity contribution in [1.29, 1.82) is 0 Å². The van der Waals surface area contributed by atoms with Crippen LogP contribution in [0.2, 0.25) is 0 Å². The van der Waals surface area contributed by atoms with E-state index in [2.05, 4.69) is 20.5 Å². The van der Waals surface area contributed by atoms with Crippen LogP contribution in [0.25, 0.3) is 10.2 Å². The molecule has 96 valence electrons. The number of aromatic nitrogens is 5. The quantitative estimate of drug-likeness (QED) is 0.675. The largest absolute Gasteiger partial charge is 0.319 e. The lowest BCUT2D eigenvalue weighted by molar-refractivity contribution is -0.118. The highest BCUT2D eigenvalue weighted by Gasteiger charge is 2.05. The molecule has 0 aliphatic heterocycles. The maximum Gasteiger partial charge on any atom is 0.270 e. The van der Waals surface area contributed by atoms with Crippen molar-refractivity contribution >= 4 is 27.5 Å². The first-order valence-electron chi connectivity index (χ1n) is 5.57. The molecule has 0 radical (unpaired) electrons. The highest BCUT2D eigenvalue weighted by Crippen LogP contribution is 2.15. The molecule has 19 heavy (non-hydrogen) atoms. The number of nitrogens with zero attached hydrogens (tertiary/aromatic N) is 6. The average molecular weight is 274 g/mol. The molecule has 3 aromatic rings. The maximum atomic E-state index is 11.8. The number of tetrazole rings is 1. The zero-order valence-corrected chi connectivity index (χ0v) is 10.9. The van der Waals surface area contributed by atoms with Gasteiger partial charge in [-0.25, -0.2) is 4.68 Å². The molecule has 0 N–H and O–H groups in total. The molecule has 0 atom stereocenters. The van der Waals surface area contributed by atoms with Crippen LogP contribution in [-0.4, -0.2) is 30.7 Å². The van der Waals surface area contributed by atoms with Gasteiger partial charge in [0, 0.05) is 7.05 Å². The van der Waals surface area contributed by atoms with Crippen molar-refractivity contribution in [3.63, 3.8) is 0 Å². The third-order valence-electron chi connectivity index (χ3n) is 2.62. The van der Waals surface area contributed by atoms with Crippen molar-refractivity contribution in [1.82, 2.24) is 24.8 Å². The first-order valence-corrected chi connectivity index (χ1v) is 6.38. The summed E-state index contributed by atoms with van der Waals surface area (Å²) in [5.74, 6) is -0.283. The summed E-state index contributed by atoms with van der Waals surface area (Å²) in [5, 5.41) is 10.6. The molecule has 0 saturated carbocycles. The summed E-state index contributed by atoms with van der Waals surface area (Å²) in [7, 11) is 1.89. The van der Waals surface area contributed by atoms with Gasteiger partial charge in [-0.2, -0.15) is 4.99 Å². The van der Waals surface area contributed by atoms with Gasteiger partial charge >= 0.3 is 0 Å². The maximum absolute atomic E-state index is 11.8. The minimum absolute atomic E-state index is 0.0429. The van der Waals surface area contributed by atoms with E-state index >= 15 is 0 Å². The number of thiazole rings is 1. The summed E-state index contributed by atoms with van der Waals surface area (Å²) in [6.45, 7) is 0.0429. The number of benzene rings is 1. The number of aryl methyl sites for hydroxylation is 1. The molecule has 0 fully saturated rings. The van der Waals surface area contributed by atoms with Crippen LogP contribution in [0.1, 0.15) is 0 Å². The van der Waals surface area contributed by atoms with Crippen LogP contribution in [0.4, 0.5) is 0 Å². The molecule has 1 aromatic carbocycles. The Labute approximate surface area is 111 Å². The van der Waals surface area contributed by atoms with Crippen molar-refractivity contribution < 1.29 is 4.79 Å². The standard InChI is InChI=1S/C11H10N6OS/c1-16-8-4-2-3-5-9(8)19-11(16)13-10(18)6-17-7-12-14-15-17/h2-5,7H,6H2,1H3. The molecule has 0 aliphatic rings. The molecule has 7 nitrogen and oxygen atoms in total. The number of para-hydroxylation sites is 1. The smallest absolute Gasteiger partial charge is 0.270 e. The Morgan fingerprint density at radius 3 is 3.00 bits per heavy atom. The summed E-state index contributed by atoms with van der Waals surface area (Å²) in [6, 6.07) is 7.93. The van der Waals surface area contributed by atoms with Crippen LogP contribution in [0.5, 0.6) is 0 Å². The van der Waals surface area contributed by atoms with E-state index in [-0.39, 0.29) is 12.5 Å². The SMILES string of the molecule is Cn1c(=NC(=O)Cn2cnnn2)sc2ccccc21. The van der Waals surface area contributed by atoms with Crippen molar-refractivity contribution in [2.75, 3.05) is 0 Å². The second-order valence-electron chi connectivity index (χ2n) is 3.92. The molecule has 0 spiro atoms. The number of fused-ring (bicyclic) bond motifs is 1. The third kappa shape index (κ3) is 2.29. The highest BCUT2D eigenvalue weighted by molar-refractivity contribution is 7.16. The monoisotopic (exact) mass is 274 g/mol. The minimum atomic E-state index is -0.283. The van der Waals surface area contributed by atoms with Crippen molar-refractivity contribution in [3.05, 3.63) is 35.4 Å². The van der Waals surface area contributed by atoms with Gasteiger partial charge in [0.2, 0.25) is 0 Å². The average Bonchev–Trinajstić information content (AvgIpc) is 3.00. The number of hydrogen-bond acceptors (Lipinski definition) is 5. The van der Waals surface area contributed by atoms with Gasteiger partial charge in [-0.1, -0.05) is 23.5 Å². The fraction of sp³-hybridized carbons (Fsp3) is 0.182. The van der Waals surface area contributed by atoms with Crippen molar-refractivity contribution in [2.24, 2.45) is 12.0 Å². The van der Waals surface area contributed by atoms with E-state index in [1.807, 2.05) is 35.9 Å². The second-order valence-corrected chi connectivity index (χ2v) is 4.93. The van der Waals surface area contributed by atoms with Gasteiger partial charge in [-0.05, 0) is 22.6 Å². The summed E-state index contributed by atoms with van der Waals surface area (Å²) in [5.41, 5.74) is 1.06. The van der Waals surface area contributed by atoms with Crippen LogP contribution in [-0.2, 0) is 18.4 Å². The fourth-order valence-corrected chi connectivity index (χ4v) is 2.76. The van der Waals surface area contributed by atoms with Gasteiger partial charge < -0.3 is 4.57 Å². The lowest BCUT2D eigenvalue weighted by Gasteiger charge is -1.95. The van der Waals surface area contributed by atoms with E-state index < -0.39 is 0 Å². The topological polar surface area (TPSA) is 78.0 Å². The van der Waals surface area contributed by atoms with Crippen LogP contribution in [0.3, 0.4) is 0 Å². The van der Waals surface area contributed by atoms with Crippen LogP contribution in [0.15, 0.2) is 35.6 Å². The molecule has 8 heteroatoms. The Balaban J connectivity index is 1.97. The molecular weight excluding hydrogens is 264 g/mol. The van der Waals surface area contributed by atoms with Gasteiger partial charge in [-0.3, -0.25) is 4.79 Å². The molecule has 0 aliphatic carbocycles. The molecule has 3 rings (SSSR count). The molecule has 0 bridgehead atoms. The summed E-state index contributed by atoms with van der Waals surface area (Å²) in [4.78, 5) is 16.6. The number of carbonyl (C=O) groups excluding carboxylic acids is 1. The Bertz CT molecular complexity index is 785. The van der Waals surface area contributed by atoms with E-state index in [0.29, 0.717) is 4.80 Å². The van der Waals surface area contributed by atoms with E-state index in [4.69, 9.17) is 0 Å². The molecule has 0 saturated heterocycles. The van der Waals surface area contributed by atoms with Crippen LogP contribution < -0.4 is 4.80 Å². The zero-order chi connectivity index (χ0) is 13.2. The number of carbonyl (C=O) groups is 1. The fourth-order valence-electron chi connectivity index (χ4n) is 1.72. The lowest BCUT2D eigenvalue weighted by Crippen LogP contribution is -2.16. The summed E-state index contributed by atoms with van der Waals surface area (Å²) >= 11 is 1.48. The zero-order valence-electron chi connectivity index (χ0n) is 10.1. The highest BCUT2D eigenvalue weighted by atomic mass is 32.1. The number of rotatable bonds is 2. The third-order valence-corrected chi connectivity index (χ3v) is 3.74. The van der Waals surface area contributed by atoms with E-state index in [1.165, 1.54) is 22.3 Å². The minimum Gasteiger partial charge on any atom is -0.319 e. The van der Waals surface area contributed by atoms with Crippen LogP contribution >= 0.6 is 11.3 Å². The van der Waals surface area contributed by atoms with E-state index in [1.54, 1.807) is 0 Å². The summed E-state index contributed by atoms with van der Waals surface area (Å²) < 4.78 is 4.34. The van der Waals surface area contributed by atoms with Gasteiger partial charge in [0.05, 0.1) is 10.2 Å². The number of hydrogen-bond donors (Lipinski definition) is 0. The summed E-state index contributed by atoms with van der Waals surface area (Å²) in [6.07, 6.45) is 1.39. The Kier molecular flexibility index (Phi) is 2.92. The van der Waals surface area contributed by atoms with Crippen molar-refractivity contribution in [2.45, 2.75) is 6.54 Å². The molecule has 0 unspecified atom stereocenters. The van der Waals surface area contributed by atoms with E-state index in [0.717, 1.165) is 10.2 Å². The predicted octanol–water partition coefficient (Wildman–Crippen LogP) is 0.354. The predicted molar refractivity (Wildman–Crippen MR) is 69.2 cm³/mol. The first-order chi connectivity index (χ1) is 9.24. The number of amides is 1. The Hall–Kier alpha value is -2.35. The second kappa shape index (κ2) is 4.73. The van der Waals surface area contributed by atoms with Crippen molar-refractivity contribution in [3.8, 4) is 0 Å². The molecular formula is C11H10N6OS. The molecule has 2 aromatic heterocycles. The van der Waals surface area contributed by atoms with Gasteiger partial charge in [-0.15, -0.1) is 5.10 Å². The normalized spacial score (nSPS) is 12.2.